The van der Waals surface area contributed by atoms with Crippen molar-refractivity contribution in [3.8, 4) is 0 Å². The molecule has 1 atom stereocenters. The molecule has 0 aliphatic heterocycles. The highest BCUT2D eigenvalue weighted by Gasteiger charge is 2.14. The molecule has 1 unspecified atom stereocenters. The zero-order valence-corrected chi connectivity index (χ0v) is 16.3. The molecule has 0 radical (unpaired) electrons. The molecule has 0 amide bonds. The Morgan fingerprint density at radius 1 is 1.32 bits per heavy atom. The number of aromatic nitrogens is 3. The van der Waals surface area contributed by atoms with Crippen LogP contribution in [0.15, 0.2) is 15.6 Å². The molecule has 0 aliphatic carbocycles. The summed E-state index contributed by atoms with van der Waals surface area (Å²) < 4.78 is 7.28. The van der Waals surface area contributed by atoms with Crippen molar-refractivity contribution in [1.29, 1.82) is 0 Å². The van der Waals surface area contributed by atoms with Gasteiger partial charge in [0.2, 0.25) is 0 Å². The summed E-state index contributed by atoms with van der Waals surface area (Å²) in [4.78, 5) is 4.29. The van der Waals surface area contributed by atoms with E-state index >= 15 is 0 Å². The number of guanidine groups is 1. The van der Waals surface area contributed by atoms with E-state index in [0.717, 1.165) is 29.5 Å². The van der Waals surface area contributed by atoms with Crippen LogP contribution in [0.2, 0.25) is 0 Å². The average molecular weight is 346 g/mol. The van der Waals surface area contributed by atoms with E-state index in [1.165, 1.54) is 11.3 Å². The van der Waals surface area contributed by atoms with Crippen molar-refractivity contribution in [2.24, 2.45) is 12.0 Å². The number of nitrogens with zero attached hydrogens (tertiary/aromatic N) is 4. The Morgan fingerprint density at radius 3 is 2.56 bits per heavy atom. The van der Waals surface area contributed by atoms with Crippen LogP contribution in [0, 0.1) is 13.8 Å². The molecule has 0 fully saturated rings. The number of hydrogen-bond donors (Lipinski definition) is 2. The summed E-state index contributed by atoms with van der Waals surface area (Å²) in [7, 11) is 3.75. The van der Waals surface area contributed by atoms with Gasteiger partial charge in [-0.05, 0) is 38.7 Å². The predicted octanol–water partition coefficient (Wildman–Crippen LogP) is 2.44. The Labute approximate surface area is 149 Å². The minimum Gasteiger partial charge on any atom is -0.359 e. The maximum Gasteiger partial charge on any atom is 0.191 e. The molecule has 0 aromatic carbocycles. The lowest BCUT2D eigenvalue weighted by molar-refractivity contribution is 0.371. The third-order valence-corrected chi connectivity index (χ3v) is 4.37. The molecule has 7 heteroatoms. The first-order valence-corrected chi connectivity index (χ1v) is 8.73. The van der Waals surface area contributed by atoms with Gasteiger partial charge in [-0.2, -0.15) is 5.10 Å². The first kappa shape index (κ1) is 19.0. The number of aryl methyl sites for hydroxylation is 2. The molecule has 0 aliphatic rings. The van der Waals surface area contributed by atoms with Crippen LogP contribution in [-0.4, -0.2) is 34.0 Å². The number of aliphatic imine (C=N–C) groups is 1. The second-order valence-electron chi connectivity index (χ2n) is 6.82. The normalized spacial score (nSPS) is 13.4. The number of nitrogens with one attached hydrogen (secondary N) is 2. The van der Waals surface area contributed by atoms with E-state index in [0.29, 0.717) is 12.5 Å². The van der Waals surface area contributed by atoms with E-state index in [9.17, 15) is 0 Å². The van der Waals surface area contributed by atoms with Gasteiger partial charge in [-0.1, -0.05) is 19.0 Å². The zero-order chi connectivity index (χ0) is 18.6. The Balaban J connectivity index is 1.90. The quantitative estimate of drug-likeness (QED) is 0.620. The van der Waals surface area contributed by atoms with Gasteiger partial charge in [0.15, 0.2) is 11.7 Å². The van der Waals surface area contributed by atoms with Gasteiger partial charge in [-0.15, -0.1) is 0 Å². The van der Waals surface area contributed by atoms with Crippen LogP contribution >= 0.6 is 0 Å². The van der Waals surface area contributed by atoms with E-state index in [2.05, 4.69) is 60.5 Å². The van der Waals surface area contributed by atoms with Crippen molar-refractivity contribution < 1.29 is 4.52 Å². The average Bonchev–Trinajstić information content (AvgIpc) is 3.12. The fourth-order valence-corrected chi connectivity index (χ4v) is 2.75. The van der Waals surface area contributed by atoms with Crippen LogP contribution in [0.1, 0.15) is 55.1 Å². The lowest BCUT2D eigenvalue weighted by Crippen LogP contribution is -2.42. The maximum atomic E-state index is 5.35. The van der Waals surface area contributed by atoms with Gasteiger partial charge in [0.25, 0.3) is 0 Å². The minimum absolute atomic E-state index is 0.230. The summed E-state index contributed by atoms with van der Waals surface area (Å²) in [5.41, 5.74) is 4.54. The molecule has 2 rings (SSSR count). The minimum atomic E-state index is 0.230. The summed E-state index contributed by atoms with van der Waals surface area (Å²) in [5, 5.41) is 15.2. The molecule has 0 saturated heterocycles. The largest absolute Gasteiger partial charge is 0.359 e. The Bertz CT molecular complexity index is 728. The molecule has 2 aromatic rings. The highest BCUT2D eigenvalue weighted by atomic mass is 16.5. The highest BCUT2D eigenvalue weighted by molar-refractivity contribution is 5.79. The summed E-state index contributed by atoms with van der Waals surface area (Å²) in [6.07, 6.45) is 0.895. The maximum absolute atomic E-state index is 5.35. The van der Waals surface area contributed by atoms with Crippen LogP contribution in [0.4, 0.5) is 0 Å². The van der Waals surface area contributed by atoms with Crippen molar-refractivity contribution in [3.05, 3.63) is 34.5 Å². The van der Waals surface area contributed by atoms with Gasteiger partial charge in [0.05, 0.1) is 17.9 Å². The van der Waals surface area contributed by atoms with Crippen molar-refractivity contribution >= 4 is 5.96 Å². The van der Waals surface area contributed by atoms with E-state index in [1.807, 2.05) is 17.8 Å². The molecule has 2 N–H and O–H groups in total. The Morgan fingerprint density at radius 2 is 2.04 bits per heavy atom. The SMILES string of the molecule is CN=C(NCc1cc(C(C)C)no1)NC(C)Cc1c(C)nn(C)c1C. The molecule has 0 saturated carbocycles. The summed E-state index contributed by atoms with van der Waals surface area (Å²) >= 11 is 0. The predicted molar refractivity (Wildman–Crippen MR) is 99.8 cm³/mol. The molecule has 0 spiro atoms. The molecule has 2 heterocycles. The number of rotatable bonds is 6. The van der Waals surface area contributed by atoms with E-state index < -0.39 is 0 Å². The molecule has 138 valence electrons. The second kappa shape index (κ2) is 8.18. The highest BCUT2D eigenvalue weighted by Crippen LogP contribution is 2.15. The second-order valence-corrected chi connectivity index (χ2v) is 6.82. The monoisotopic (exact) mass is 346 g/mol. The van der Waals surface area contributed by atoms with E-state index in [-0.39, 0.29) is 6.04 Å². The molecular weight excluding hydrogens is 316 g/mol. The first-order valence-electron chi connectivity index (χ1n) is 8.73. The van der Waals surface area contributed by atoms with Gasteiger partial charge in [0.1, 0.15) is 0 Å². The Kier molecular flexibility index (Phi) is 6.22. The van der Waals surface area contributed by atoms with Crippen molar-refractivity contribution in [2.45, 2.75) is 59.5 Å². The zero-order valence-electron chi connectivity index (χ0n) is 16.3. The van der Waals surface area contributed by atoms with Gasteiger partial charge in [-0.3, -0.25) is 9.67 Å². The summed E-state index contributed by atoms with van der Waals surface area (Å²) in [6.45, 7) is 11.0. The molecule has 25 heavy (non-hydrogen) atoms. The van der Waals surface area contributed by atoms with Crippen LogP contribution in [0.3, 0.4) is 0 Å². The van der Waals surface area contributed by atoms with Crippen LogP contribution in [0.25, 0.3) is 0 Å². The van der Waals surface area contributed by atoms with Gasteiger partial charge < -0.3 is 15.2 Å². The van der Waals surface area contributed by atoms with Crippen LogP contribution in [-0.2, 0) is 20.0 Å². The summed E-state index contributed by atoms with van der Waals surface area (Å²) in [6, 6.07) is 2.21. The van der Waals surface area contributed by atoms with Crippen LogP contribution < -0.4 is 10.6 Å². The van der Waals surface area contributed by atoms with E-state index in [4.69, 9.17) is 4.52 Å². The topological polar surface area (TPSA) is 80.3 Å². The van der Waals surface area contributed by atoms with Crippen molar-refractivity contribution in [1.82, 2.24) is 25.6 Å². The van der Waals surface area contributed by atoms with Gasteiger partial charge in [0, 0.05) is 31.9 Å². The molecule has 7 nitrogen and oxygen atoms in total. The smallest absolute Gasteiger partial charge is 0.191 e. The lowest BCUT2D eigenvalue weighted by atomic mass is 10.1. The standard InChI is InChI=1S/C18H30N6O/c1-11(2)17-9-15(25-23-17)10-20-18(19-6)21-12(3)8-16-13(4)22-24(7)14(16)5/h9,11-12H,8,10H2,1-7H3,(H2,19,20,21). The van der Waals surface area contributed by atoms with Gasteiger partial charge in [-0.25, -0.2) is 0 Å². The fourth-order valence-electron chi connectivity index (χ4n) is 2.75. The first-order chi connectivity index (χ1) is 11.8. The molecule has 0 bridgehead atoms. The van der Waals surface area contributed by atoms with E-state index in [1.54, 1.807) is 7.05 Å². The summed E-state index contributed by atoms with van der Waals surface area (Å²) in [5.74, 6) is 1.91. The van der Waals surface area contributed by atoms with Crippen LogP contribution in [0.5, 0.6) is 0 Å². The third-order valence-electron chi connectivity index (χ3n) is 4.37. The third kappa shape index (κ3) is 4.84. The number of hydrogen-bond acceptors (Lipinski definition) is 4. The van der Waals surface area contributed by atoms with Crippen molar-refractivity contribution in [2.75, 3.05) is 7.05 Å². The van der Waals surface area contributed by atoms with Crippen molar-refractivity contribution in [3.63, 3.8) is 0 Å². The lowest BCUT2D eigenvalue weighted by Gasteiger charge is -2.17. The molecule has 2 aromatic heterocycles. The fraction of sp³-hybridized carbons (Fsp3) is 0.611. The van der Waals surface area contributed by atoms with Gasteiger partial charge >= 0.3 is 0 Å². The molecular formula is C18H30N6O. The Hall–Kier alpha value is -2.31.